The van der Waals surface area contributed by atoms with E-state index in [1.165, 1.54) is 31.2 Å². The molecule has 1 aromatic carbocycles. The molecule has 2 aliphatic rings. The fourth-order valence-electron chi connectivity index (χ4n) is 4.20. The number of aromatic nitrogens is 2. The number of anilines is 1. The normalized spacial score (nSPS) is 17.5. The molecule has 4 rings (SSSR count). The number of amides is 2. The van der Waals surface area contributed by atoms with Gasteiger partial charge < -0.3 is 10.2 Å². The van der Waals surface area contributed by atoms with Crippen molar-refractivity contribution >= 4 is 17.6 Å². The van der Waals surface area contributed by atoms with Gasteiger partial charge in [0, 0.05) is 31.1 Å². The van der Waals surface area contributed by atoms with Crippen LogP contribution in [0.25, 0.3) is 11.3 Å². The van der Waals surface area contributed by atoms with Crippen molar-refractivity contribution in [3.05, 3.63) is 35.9 Å². The molecule has 0 aliphatic carbocycles. The van der Waals surface area contributed by atoms with Gasteiger partial charge in [0.2, 0.25) is 11.8 Å². The molecule has 160 valence electrons. The Balaban J connectivity index is 1.37. The zero-order chi connectivity index (χ0) is 20.9. The molecule has 1 fully saturated rings. The van der Waals surface area contributed by atoms with Crippen LogP contribution in [0.1, 0.15) is 37.7 Å². The lowest BCUT2D eigenvalue weighted by molar-refractivity contribution is -0.124. The molecule has 0 bridgehead atoms. The lowest BCUT2D eigenvalue weighted by Crippen LogP contribution is -2.45. The third-order valence-electron chi connectivity index (χ3n) is 5.97. The summed E-state index contributed by atoms with van der Waals surface area (Å²) in [5.74, 6) is 0.551. The Morgan fingerprint density at radius 1 is 1.07 bits per heavy atom. The number of rotatable bonds is 6. The van der Waals surface area contributed by atoms with Gasteiger partial charge in [-0.2, -0.15) is 5.10 Å². The van der Waals surface area contributed by atoms with Crippen molar-refractivity contribution in [2.45, 2.75) is 45.6 Å². The van der Waals surface area contributed by atoms with Gasteiger partial charge in [-0.25, -0.2) is 4.68 Å². The van der Waals surface area contributed by atoms with Gasteiger partial charge in [-0.05, 0) is 32.9 Å². The molecule has 0 atom stereocenters. The Hall–Kier alpha value is -2.67. The van der Waals surface area contributed by atoms with Crippen LogP contribution in [0.2, 0.25) is 0 Å². The molecule has 2 aliphatic heterocycles. The highest BCUT2D eigenvalue weighted by Crippen LogP contribution is 2.28. The van der Waals surface area contributed by atoms with E-state index in [9.17, 15) is 9.59 Å². The summed E-state index contributed by atoms with van der Waals surface area (Å²) < 4.78 is 1.83. The summed E-state index contributed by atoms with van der Waals surface area (Å²) in [6.07, 6.45) is 5.45. The number of likely N-dealkylation sites (tertiary alicyclic amines) is 1. The van der Waals surface area contributed by atoms with E-state index in [1.807, 2.05) is 41.9 Å². The zero-order valence-electron chi connectivity index (χ0n) is 17.8. The predicted molar refractivity (Wildman–Crippen MR) is 117 cm³/mol. The SMILES string of the molecule is Cc1ccc(-c2cc3n(n2)CCC(=O)N3CC(=O)NCCN2CCCCCC2)cc1. The second-order valence-corrected chi connectivity index (χ2v) is 8.31. The van der Waals surface area contributed by atoms with Gasteiger partial charge in [0.1, 0.15) is 12.4 Å². The van der Waals surface area contributed by atoms with E-state index in [2.05, 4.69) is 15.3 Å². The van der Waals surface area contributed by atoms with Crippen molar-refractivity contribution in [3.63, 3.8) is 0 Å². The van der Waals surface area contributed by atoms with Crippen LogP contribution in [-0.4, -0.2) is 59.2 Å². The average molecular weight is 410 g/mol. The van der Waals surface area contributed by atoms with Gasteiger partial charge in [-0.15, -0.1) is 0 Å². The van der Waals surface area contributed by atoms with Crippen molar-refractivity contribution in [2.75, 3.05) is 37.6 Å². The van der Waals surface area contributed by atoms with E-state index in [4.69, 9.17) is 0 Å². The molecule has 0 saturated carbocycles. The first-order valence-corrected chi connectivity index (χ1v) is 11.0. The Labute approximate surface area is 178 Å². The fraction of sp³-hybridized carbons (Fsp3) is 0.522. The largest absolute Gasteiger partial charge is 0.353 e. The number of nitrogens with one attached hydrogen (secondary N) is 1. The first-order chi connectivity index (χ1) is 14.6. The summed E-state index contributed by atoms with van der Waals surface area (Å²) >= 11 is 0. The van der Waals surface area contributed by atoms with Crippen LogP contribution in [-0.2, 0) is 16.1 Å². The van der Waals surface area contributed by atoms with E-state index in [0.717, 1.165) is 30.9 Å². The van der Waals surface area contributed by atoms with Crippen molar-refractivity contribution in [1.82, 2.24) is 20.0 Å². The van der Waals surface area contributed by atoms with E-state index < -0.39 is 0 Å². The summed E-state index contributed by atoms with van der Waals surface area (Å²) in [5, 5.41) is 7.65. The van der Waals surface area contributed by atoms with Crippen LogP contribution < -0.4 is 10.2 Å². The van der Waals surface area contributed by atoms with Crippen LogP contribution in [0, 0.1) is 6.92 Å². The third kappa shape index (κ3) is 4.90. The minimum Gasteiger partial charge on any atom is -0.353 e. The standard InChI is InChI=1S/C23H31N5O2/c1-18-6-8-19(9-7-18)20-16-22-27(23(30)10-14-28(22)25-20)17-21(29)24-11-15-26-12-4-2-3-5-13-26/h6-9,16H,2-5,10-15,17H2,1H3,(H,24,29). The quantitative estimate of drug-likeness (QED) is 0.796. The molecule has 7 heteroatoms. The average Bonchev–Trinajstić information content (AvgIpc) is 3.00. The number of carbonyl (C=O) groups is 2. The van der Waals surface area contributed by atoms with Crippen molar-refractivity contribution in [1.29, 1.82) is 0 Å². The van der Waals surface area contributed by atoms with Crippen LogP contribution in [0.4, 0.5) is 5.82 Å². The van der Waals surface area contributed by atoms with Crippen LogP contribution in [0.15, 0.2) is 30.3 Å². The molecule has 0 radical (unpaired) electrons. The smallest absolute Gasteiger partial charge is 0.240 e. The van der Waals surface area contributed by atoms with E-state index in [0.29, 0.717) is 25.3 Å². The molecule has 3 heterocycles. The van der Waals surface area contributed by atoms with Gasteiger partial charge in [0.15, 0.2) is 0 Å². The van der Waals surface area contributed by atoms with E-state index >= 15 is 0 Å². The minimum absolute atomic E-state index is 0.0273. The van der Waals surface area contributed by atoms with E-state index in [-0.39, 0.29) is 18.4 Å². The Kier molecular flexibility index (Phi) is 6.47. The zero-order valence-corrected chi connectivity index (χ0v) is 17.8. The maximum atomic E-state index is 12.5. The molecule has 0 unspecified atom stereocenters. The first-order valence-electron chi connectivity index (χ1n) is 11.0. The predicted octanol–water partition coefficient (Wildman–Crippen LogP) is 2.59. The second kappa shape index (κ2) is 9.43. The van der Waals surface area contributed by atoms with Crippen LogP contribution in [0.5, 0.6) is 0 Å². The minimum atomic E-state index is -0.121. The fourth-order valence-corrected chi connectivity index (χ4v) is 4.20. The molecule has 1 aromatic heterocycles. The van der Waals surface area contributed by atoms with Crippen LogP contribution >= 0.6 is 0 Å². The van der Waals surface area contributed by atoms with Crippen LogP contribution in [0.3, 0.4) is 0 Å². The Morgan fingerprint density at radius 3 is 2.53 bits per heavy atom. The summed E-state index contributed by atoms with van der Waals surface area (Å²) in [6, 6.07) is 10.1. The molecular formula is C23H31N5O2. The number of hydrogen-bond acceptors (Lipinski definition) is 4. The molecular weight excluding hydrogens is 378 g/mol. The van der Waals surface area contributed by atoms with Gasteiger partial charge in [-0.1, -0.05) is 42.7 Å². The molecule has 7 nitrogen and oxygen atoms in total. The Bertz CT molecular complexity index is 881. The van der Waals surface area contributed by atoms with Crippen molar-refractivity contribution < 1.29 is 9.59 Å². The van der Waals surface area contributed by atoms with Gasteiger partial charge >= 0.3 is 0 Å². The highest BCUT2D eigenvalue weighted by molar-refractivity contribution is 5.99. The van der Waals surface area contributed by atoms with Gasteiger partial charge in [-0.3, -0.25) is 14.5 Å². The number of carbonyl (C=O) groups excluding carboxylic acids is 2. The second-order valence-electron chi connectivity index (χ2n) is 8.31. The lowest BCUT2D eigenvalue weighted by Gasteiger charge is -2.27. The van der Waals surface area contributed by atoms with Gasteiger partial charge in [0.25, 0.3) is 0 Å². The molecule has 30 heavy (non-hydrogen) atoms. The highest BCUT2D eigenvalue weighted by Gasteiger charge is 2.28. The maximum absolute atomic E-state index is 12.5. The number of hydrogen-bond donors (Lipinski definition) is 1. The monoisotopic (exact) mass is 409 g/mol. The number of fused-ring (bicyclic) bond motifs is 1. The number of aryl methyl sites for hydroxylation is 2. The maximum Gasteiger partial charge on any atom is 0.240 e. The summed E-state index contributed by atoms with van der Waals surface area (Å²) in [7, 11) is 0. The molecule has 1 N–H and O–H groups in total. The molecule has 1 saturated heterocycles. The summed E-state index contributed by atoms with van der Waals surface area (Å²) in [6.45, 7) is 6.35. The van der Waals surface area contributed by atoms with Crippen molar-refractivity contribution in [3.8, 4) is 11.3 Å². The molecule has 2 aromatic rings. The highest BCUT2D eigenvalue weighted by atomic mass is 16.2. The van der Waals surface area contributed by atoms with E-state index in [1.54, 1.807) is 4.90 Å². The molecule has 2 amide bonds. The summed E-state index contributed by atoms with van der Waals surface area (Å²) in [4.78, 5) is 29.1. The lowest BCUT2D eigenvalue weighted by atomic mass is 10.1. The van der Waals surface area contributed by atoms with Gasteiger partial charge in [0.05, 0.1) is 12.2 Å². The molecule has 0 spiro atoms. The topological polar surface area (TPSA) is 70.5 Å². The first kappa shape index (κ1) is 20.6. The number of benzene rings is 1. The van der Waals surface area contributed by atoms with Crippen molar-refractivity contribution in [2.24, 2.45) is 0 Å². The Morgan fingerprint density at radius 2 is 1.80 bits per heavy atom. The number of nitrogens with zero attached hydrogens (tertiary/aromatic N) is 4. The summed E-state index contributed by atoms with van der Waals surface area (Å²) in [5.41, 5.74) is 3.03. The third-order valence-corrected chi connectivity index (χ3v) is 5.97.